The van der Waals surface area contributed by atoms with Crippen molar-refractivity contribution in [3.63, 3.8) is 0 Å². The molecule has 4 rings (SSSR count). The molecule has 0 fully saturated rings. The maximum absolute atomic E-state index is 14.4. The topological polar surface area (TPSA) is 85.9 Å². The number of hydrogen-bond donors (Lipinski definition) is 2. The molecule has 0 saturated heterocycles. The Morgan fingerprint density at radius 3 is 2.68 bits per heavy atom. The average molecular weight is 469 g/mol. The number of alkyl carbamates (subject to hydrolysis) is 1. The molecule has 180 valence electrons. The lowest BCUT2D eigenvalue weighted by Gasteiger charge is -2.27. The Balaban J connectivity index is 1.87. The second-order valence-electron chi connectivity index (χ2n) is 9.42. The first-order chi connectivity index (χ1) is 16.1. The van der Waals surface area contributed by atoms with E-state index in [1.165, 1.54) is 18.2 Å². The standard InChI is InChI=1S/C26H29FN2O5/c1-15-6-5-7-20(29-25(31)34-26(2,3)4)16-12-19(23-22(13-16)32-10-11-33-23)18-14-17(27)8-9-21(18)28-24(15)30/h5-6,8-9,12-15,20H,7,10-11H2,1-4H3,(H,28,30)(H,29,31)/b6-5+/t15-,20+/m1/s1. The molecule has 2 aliphatic heterocycles. The molecule has 0 spiro atoms. The molecule has 2 bridgehead atoms. The van der Waals surface area contributed by atoms with Gasteiger partial charge in [0.05, 0.1) is 12.0 Å². The van der Waals surface area contributed by atoms with Gasteiger partial charge in [-0.3, -0.25) is 4.79 Å². The summed E-state index contributed by atoms with van der Waals surface area (Å²) in [5.74, 6) is -0.166. The molecule has 0 aliphatic carbocycles. The molecule has 8 heteroatoms. The van der Waals surface area contributed by atoms with Gasteiger partial charge in [0.2, 0.25) is 5.91 Å². The second kappa shape index (κ2) is 9.37. The van der Waals surface area contributed by atoms with Gasteiger partial charge < -0.3 is 24.8 Å². The molecule has 2 heterocycles. The van der Waals surface area contributed by atoms with E-state index in [4.69, 9.17) is 14.2 Å². The molecule has 2 aliphatic rings. The SMILES string of the molecule is C[C@@H]1/C=C/C[C@H](NC(=O)OC(C)(C)C)c2cc3c(c(c2)-c2cc(F)ccc2NC1=O)OCCO3. The number of rotatable bonds is 1. The summed E-state index contributed by atoms with van der Waals surface area (Å²) < 4.78 is 31.6. The molecule has 0 radical (unpaired) electrons. The molecular formula is C26H29FN2O5. The lowest BCUT2D eigenvalue weighted by Crippen LogP contribution is -2.35. The van der Waals surface area contributed by atoms with Crippen LogP contribution in [0.2, 0.25) is 0 Å². The van der Waals surface area contributed by atoms with Crippen LogP contribution in [0.5, 0.6) is 11.5 Å². The molecule has 2 aromatic rings. The van der Waals surface area contributed by atoms with Gasteiger partial charge in [-0.25, -0.2) is 9.18 Å². The first-order valence-corrected chi connectivity index (χ1v) is 11.3. The van der Waals surface area contributed by atoms with Gasteiger partial charge in [-0.1, -0.05) is 19.1 Å². The number of benzene rings is 2. The number of carbonyl (C=O) groups is 2. The molecule has 0 saturated carbocycles. The smallest absolute Gasteiger partial charge is 0.408 e. The van der Waals surface area contributed by atoms with Crippen LogP contribution in [0.1, 0.15) is 45.7 Å². The van der Waals surface area contributed by atoms with Crippen LogP contribution in [-0.4, -0.2) is 30.8 Å². The number of halogens is 1. The minimum Gasteiger partial charge on any atom is -0.486 e. The van der Waals surface area contributed by atoms with Gasteiger partial charge >= 0.3 is 6.09 Å². The highest BCUT2D eigenvalue weighted by Gasteiger charge is 2.27. The molecule has 0 unspecified atom stereocenters. The van der Waals surface area contributed by atoms with Crippen molar-refractivity contribution in [2.75, 3.05) is 18.5 Å². The third kappa shape index (κ3) is 5.32. The van der Waals surface area contributed by atoms with E-state index in [0.717, 1.165) is 5.56 Å². The van der Waals surface area contributed by atoms with E-state index < -0.39 is 29.5 Å². The zero-order valence-electron chi connectivity index (χ0n) is 19.7. The maximum Gasteiger partial charge on any atom is 0.408 e. The van der Waals surface area contributed by atoms with Gasteiger partial charge in [0.1, 0.15) is 24.6 Å². The van der Waals surface area contributed by atoms with Crippen LogP contribution in [0.4, 0.5) is 14.9 Å². The van der Waals surface area contributed by atoms with Crippen LogP contribution >= 0.6 is 0 Å². The molecule has 34 heavy (non-hydrogen) atoms. The molecule has 2 atom stereocenters. The summed E-state index contributed by atoms with van der Waals surface area (Å²) >= 11 is 0. The van der Waals surface area contributed by atoms with E-state index in [2.05, 4.69) is 10.6 Å². The van der Waals surface area contributed by atoms with E-state index in [1.54, 1.807) is 33.8 Å². The van der Waals surface area contributed by atoms with Crippen LogP contribution in [0.3, 0.4) is 0 Å². The summed E-state index contributed by atoms with van der Waals surface area (Å²) in [6.07, 6.45) is 3.48. The molecule has 2 N–H and O–H groups in total. The molecule has 2 amide bonds. The minimum absolute atomic E-state index is 0.233. The van der Waals surface area contributed by atoms with Gasteiger partial charge in [0.25, 0.3) is 0 Å². The fraction of sp³-hybridized carbons (Fsp3) is 0.385. The van der Waals surface area contributed by atoms with Crippen molar-refractivity contribution in [3.8, 4) is 22.6 Å². The molecule has 2 aromatic carbocycles. The fourth-order valence-corrected chi connectivity index (χ4v) is 3.91. The Bertz CT molecular complexity index is 1140. The number of fused-ring (bicyclic) bond motifs is 6. The van der Waals surface area contributed by atoms with Crippen molar-refractivity contribution in [2.24, 2.45) is 5.92 Å². The summed E-state index contributed by atoms with van der Waals surface area (Å²) in [6, 6.07) is 7.36. The van der Waals surface area contributed by atoms with Crippen LogP contribution in [0.25, 0.3) is 11.1 Å². The first-order valence-electron chi connectivity index (χ1n) is 11.3. The lowest BCUT2D eigenvalue weighted by molar-refractivity contribution is -0.118. The van der Waals surface area contributed by atoms with Crippen molar-refractivity contribution >= 4 is 17.7 Å². The summed E-state index contributed by atoms with van der Waals surface area (Å²) in [5.41, 5.74) is 1.56. The van der Waals surface area contributed by atoms with Gasteiger partial charge in [-0.2, -0.15) is 0 Å². The Morgan fingerprint density at radius 1 is 1.15 bits per heavy atom. The highest BCUT2D eigenvalue weighted by atomic mass is 19.1. The highest BCUT2D eigenvalue weighted by molar-refractivity contribution is 5.98. The Morgan fingerprint density at radius 2 is 1.91 bits per heavy atom. The Hall–Kier alpha value is -3.55. The number of hydrogen-bond acceptors (Lipinski definition) is 5. The number of anilines is 1. The third-order valence-corrected chi connectivity index (χ3v) is 5.50. The number of carbonyl (C=O) groups excluding carboxylic acids is 2. The second-order valence-corrected chi connectivity index (χ2v) is 9.42. The summed E-state index contributed by atoms with van der Waals surface area (Å²) in [7, 11) is 0. The van der Waals surface area contributed by atoms with E-state index in [1.807, 2.05) is 18.2 Å². The molecule has 7 nitrogen and oxygen atoms in total. The number of nitrogens with one attached hydrogen (secondary N) is 2. The van der Waals surface area contributed by atoms with Gasteiger partial charge in [0.15, 0.2) is 11.5 Å². The number of ether oxygens (including phenoxy) is 3. The largest absolute Gasteiger partial charge is 0.486 e. The van der Waals surface area contributed by atoms with E-state index in [9.17, 15) is 14.0 Å². The molecular weight excluding hydrogens is 439 g/mol. The normalized spacial score (nSPS) is 20.7. The first kappa shape index (κ1) is 23.6. The van der Waals surface area contributed by atoms with Gasteiger partial charge in [-0.15, -0.1) is 0 Å². The summed E-state index contributed by atoms with van der Waals surface area (Å²) in [6.45, 7) is 7.86. The van der Waals surface area contributed by atoms with Crippen molar-refractivity contribution < 1.29 is 28.2 Å². The van der Waals surface area contributed by atoms with Crippen molar-refractivity contribution in [2.45, 2.75) is 45.8 Å². The van der Waals surface area contributed by atoms with E-state index in [0.29, 0.717) is 47.9 Å². The molecule has 0 aromatic heterocycles. The van der Waals surface area contributed by atoms with Crippen LogP contribution in [-0.2, 0) is 9.53 Å². The van der Waals surface area contributed by atoms with Crippen LogP contribution in [0.15, 0.2) is 42.5 Å². The monoisotopic (exact) mass is 468 g/mol. The summed E-state index contributed by atoms with van der Waals surface area (Å²) in [5, 5.41) is 5.82. The predicted octanol–water partition coefficient (Wildman–Crippen LogP) is 5.36. The fourth-order valence-electron chi connectivity index (χ4n) is 3.91. The zero-order valence-corrected chi connectivity index (χ0v) is 19.7. The van der Waals surface area contributed by atoms with Crippen molar-refractivity contribution in [3.05, 3.63) is 53.9 Å². The van der Waals surface area contributed by atoms with Crippen LogP contribution in [0, 0.1) is 11.7 Å². The van der Waals surface area contributed by atoms with E-state index in [-0.39, 0.29) is 5.91 Å². The predicted molar refractivity (Wildman–Crippen MR) is 126 cm³/mol. The lowest BCUT2D eigenvalue weighted by atomic mass is 9.93. The highest BCUT2D eigenvalue weighted by Crippen LogP contribution is 2.45. The van der Waals surface area contributed by atoms with Crippen molar-refractivity contribution in [1.82, 2.24) is 5.32 Å². The number of amides is 2. The zero-order chi connectivity index (χ0) is 24.5. The van der Waals surface area contributed by atoms with Gasteiger partial charge in [0, 0.05) is 16.8 Å². The third-order valence-electron chi connectivity index (χ3n) is 5.50. The Labute approximate surface area is 198 Å². The summed E-state index contributed by atoms with van der Waals surface area (Å²) in [4.78, 5) is 25.4. The van der Waals surface area contributed by atoms with Crippen LogP contribution < -0.4 is 20.1 Å². The quantitative estimate of drug-likeness (QED) is 0.550. The average Bonchev–Trinajstić information content (AvgIpc) is 2.76. The van der Waals surface area contributed by atoms with Crippen molar-refractivity contribution in [1.29, 1.82) is 0 Å². The Kier molecular flexibility index (Phi) is 6.50. The van der Waals surface area contributed by atoms with Gasteiger partial charge in [-0.05, 0) is 63.1 Å². The van der Waals surface area contributed by atoms with E-state index >= 15 is 0 Å². The minimum atomic E-state index is -0.660. The maximum atomic E-state index is 14.4.